The standard InChI is InChI=1S/C13H20F2O3Si/c1-16-19(17-2,18-3)9-5-4-6-11-7-8-12(14)10-13(11)15/h7-8,10H,4-6,9H2,1-3H3. The van der Waals surface area contributed by atoms with Gasteiger partial charge in [0, 0.05) is 33.4 Å². The maximum atomic E-state index is 13.4. The van der Waals surface area contributed by atoms with Gasteiger partial charge in [0.15, 0.2) is 0 Å². The molecule has 0 unspecified atom stereocenters. The van der Waals surface area contributed by atoms with E-state index < -0.39 is 20.4 Å². The zero-order chi connectivity index (χ0) is 14.3. The van der Waals surface area contributed by atoms with Crippen molar-refractivity contribution in [2.24, 2.45) is 0 Å². The van der Waals surface area contributed by atoms with Gasteiger partial charge in [-0.3, -0.25) is 0 Å². The zero-order valence-corrected chi connectivity index (χ0v) is 12.5. The summed E-state index contributed by atoms with van der Waals surface area (Å²) in [6.45, 7) is 0. The molecule has 0 saturated heterocycles. The van der Waals surface area contributed by atoms with Gasteiger partial charge in [-0.25, -0.2) is 8.78 Å². The Kier molecular flexibility index (Phi) is 6.57. The highest BCUT2D eigenvalue weighted by atomic mass is 28.4. The van der Waals surface area contributed by atoms with Gasteiger partial charge in [0.1, 0.15) is 11.6 Å². The highest BCUT2D eigenvalue weighted by Crippen LogP contribution is 2.18. The molecular weight excluding hydrogens is 270 g/mol. The Labute approximate surface area is 113 Å². The molecule has 1 aromatic carbocycles. The van der Waals surface area contributed by atoms with Crippen LogP contribution in [-0.4, -0.2) is 30.1 Å². The van der Waals surface area contributed by atoms with E-state index in [-0.39, 0.29) is 0 Å². The van der Waals surface area contributed by atoms with Crippen molar-refractivity contribution in [3.8, 4) is 0 Å². The van der Waals surface area contributed by atoms with E-state index in [1.54, 1.807) is 21.3 Å². The van der Waals surface area contributed by atoms with E-state index in [2.05, 4.69) is 0 Å². The van der Waals surface area contributed by atoms with Gasteiger partial charge in [0.2, 0.25) is 0 Å². The first-order valence-electron chi connectivity index (χ1n) is 6.16. The molecule has 0 atom stereocenters. The molecular formula is C13H20F2O3Si. The van der Waals surface area contributed by atoms with Crippen LogP contribution in [0, 0.1) is 11.6 Å². The minimum absolute atomic E-state index is 0.492. The van der Waals surface area contributed by atoms with Crippen molar-refractivity contribution in [1.82, 2.24) is 0 Å². The van der Waals surface area contributed by atoms with Crippen molar-refractivity contribution >= 4 is 8.80 Å². The summed E-state index contributed by atoms with van der Waals surface area (Å²) >= 11 is 0. The van der Waals surface area contributed by atoms with Crippen LogP contribution >= 0.6 is 0 Å². The number of rotatable bonds is 8. The lowest BCUT2D eigenvalue weighted by atomic mass is 10.1. The van der Waals surface area contributed by atoms with Crippen LogP contribution in [0.25, 0.3) is 0 Å². The first kappa shape index (κ1) is 16.2. The molecule has 0 aliphatic heterocycles. The Morgan fingerprint density at radius 3 is 2.16 bits per heavy atom. The Morgan fingerprint density at radius 1 is 1.00 bits per heavy atom. The molecule has 0 bridgehead atoms. The first-order chi connectivity index (χ1) is 9.06. The minimum atomic E-state index is -2.53. The van der Waals surface area contributed by atoms with Crippen LogP contribution in [0.3, 0.4) is 0 Å². The summed E-state index contributed by atoms with van der Waals surface area (Å²) in [6.07, 6.45) is 2.14. The van der Waals surface area contributed by atoms with Crippen molar-refractivity contribution in [3.63, 3.8) is 0 Å². The maximum Gasteiger partial charge on any atom is 0.500 e. The summed E-state index contributed by atoms with van der Waals surface area (Å²) in [5, 5.41) is 0. The lowest BCUT2D eigenvalue weighted by molar-refractivity contribution is 0.123. The van der Waals surface area contributed by atoms with Gasteiger partial charge in [-0.05, 0) is 30.9 Å². The molecule has 19 heavy (non-hydrogen) atoms. The molecule has 0 fully saturated rings. The molecule has 1 rings (SSSR count). The van der Waals surface area contributed by atoms with Crippen molar-refractivity contribution < 1.29 is 22.1 Å². The van der Waals surface area contributed by atoms with Gasteiger partial charge in [0.05, 0.1) is 0 Å². The second kappa shape index (κ2) is 7.69. The van der Waals surface area contributed by atoms with Crippen LogP contribution in [0.2, 0.25) is 6.04 Å². The Hall–Kier alpha value is -0.823. The van der Waals surface area contributed by atoms with Crippen molar-refractivity contribution in [1.29, 1.82) is 0 Å². The van der Waals surface area contributed by atoms with E-state index in [0.29, 0.717) is 18.0 Å². The summed E-state index contributed by atoms with van der Waals surface area (Å²) in [7, 11) is 2.17. The van der Waals surface area contributed by atoms with Crippen molar-refractivity contribution in [2.75, 3.05) is 21.3 Å². The van der Waals surface area contributed by atoms with Crippen LogP contribution in [-0.2, 0) is 19.7 Å². The monoisotopic (exact) mass is 290 g/mol. The van der Waals surface area contributed by atoms with Gasteiger partial charge >= 0.3 is 8.80 Å². The van der Waals surface area contributed by atoms with Crippen LogP contribution < -0.4 is 0 Å². The molecule has 3 nitrogen and oxygen atoms in total. The molecule has 0 heterocycles. The van der Waals surface area contributed by atoms with E-state index in [1.807, 2.05) is 0 Å². The minimum Gasteiger partial charge on any atom is -0.377 e. The lowest BCUT2D eigenvalue weighted by Crippen LogP contribution is -2.42. The van der Waals surface area contributed by atoms with E-state index in [0.717, 1.165) is 18.9 Å². The smallest absolute Gasteiger partial charge is 0.377 e. The molecule has 0 aliphatic rings. The van der Waals surface area contributed by atoms with Gasteiger partial charge in [-0.1, -0.05) is 6.07 Å². The molecule has 0 N–H and O–H groups in total. The van der Waals surface area contributed by atoms with Crippen molar-refractivity contribution in [3.05, 3.63) is 35.4 Å². The fraction of sp³-hybridized carbons (Fsp3) is 0.538. The second-order valence-corrected chi connectivity index (χ2v) is 7.33. The van der Waals surface area contributed by atoms with Gasteiger partial charge in [-0.2, -0.15) is 0 Å². The van der Waals surface area contributed by atoms with E-state index in [4.69, 9.17) is 13.3 Å². The van der Waals surface area contributed by atoms with E-state index in [9.17, 15) is 8.78 Å². The Balaban J connectivity index is 2.42. The predicted molar refractivity (Wildman–Crippen MR) is 70.9 cm³/mol. The van der Waals surface area contributed by atoms with Crippen LogP contribution in [0.5, 0.6) is 0 Å². The average molecular weight is 290 g/mol. The molecule has 1 aromatic rings. The number of benzene rings is 1. The lowest BCUT2D eigenvalue weighted by Gasteiger charge is -2.24. The topological polar surface area (TPSA) is 27.7 Å². The third-order valence-corrected chi connectivity index (χ3v) is 5.96. The van der Waals surface area contributed by atoms with Crippen LogP contribution in [0.15, 0.2) is 18.2 Å². The fourth-order valence-electron chi connectivity index (χ4n) is 1.94. The molecule has 0 spiro atoms. The zero-order valence-electron chi connectivity index (χ0n) is 11.5. The number of hydrogen-bond acceptors (Lipinski definition) is 3. The van der Waals surface area contributed by atoms with E-state index in [1.165, 1.54) is 12.1 Å². The van der Waals surface area contributed by atoms with Crippen LogP contribution in [0.4, 0.5) is 8.78 Å². The third-order valence-electron chi connectivity index (χ3n) is 3.13. The molecule has 6 heteroatoms. The van der Waals surface area contributed by atoms with Gasteiger partial charge in [-0.15, -0.1) is 0 Å². The summed E-state index contributed by atoms with van der Waals surface area (Å²) in [6, 6.07) is 4.35. The second-order valence-electron chi connectivity index (χ2n) is 4.24. The number of hydrogen-bond donors (Lipinski definition) is 0. The van der Waals surface area contributed by atoms with E-state index >= 15 is 0 Å². The SMILES string of the molecule is CO[Si](CCCCc1ccc(F)cc1F)(OC)OC. The number of aryl methyl sites for hydroxylation is 1. The summed E-state index contributed by atoms with van der Waals surface area (Å²) in [4.78, 5) is 0. The van der Waals surface area contributed by atoms with Crippen molar-refractivity contribution in [2.45, 2.75) is 25.3 Å². The number of halogens is 2. The normalized spacial score (nSPS) is 11.8. The summed E-state index contributed by atoms with van der Waals surface area (Å²) < 4.78 is 42.0. The van der Waals surface area contributed by atoms with Gasteiger partial charge < -0.3 is 13.3 Å². The molecule has 0 saturated carbocycles. The third kappa shape index (κ3) is 4.65. The highest BCUT2D eigenvalue weighted by Gasteiger charge is 2.36. The molecule has 108 valence electrons. The average Bonchev–Trinajstić information content (AvgIpc) is 2.42. The Morgan fingerprint density at radius 2 is 1.63 bits per heavy atom. The summed E-state index contributed by atoms with van der Waals surface area (Å²) in [5.74, 6) is -1.04. The predicted octanol–water partition coefficient (Wildman–Crippen LogP) is 3.17. The molecule has 0 aromatic heterocycles. The maximum absolute atomic E-state index is 13.4. The highest BCUT2D eigenvalue weighted by molar-refractivity contribution is 6.60. The fourth-order valence-corrected chi connectivity index (χ4v) is 3.73. The largest absolute Gasteiger partial charge is 0.500 e. The summed E-state index contributed by atoms with van der Waals surface area (Å²) in [5.41, 5.74) is 0.529. The van der Waals surface area contributed by atoms with Crippen LogP contribution in [0.1, 0.15) is 18.4 Å². The molecule has 0 radical (unpaired) electrons. The molecule has 0 amide bonds. The van der Waals surface area contributed by atoms with Gasteiger partial charge in [0.25, 0.3) is 0 Å². The quantitative estimate of drug-likeness (QED) is 0.544. The molecule has 0 aliphatic carbocycles. The Bertz CT molecular complexity index is 389. The first-order valence-corrected chi connectivity index (χ1v) is 8.09. The number of unbranched alkanes of at least 4 members (excludes halogenated alkanes) is 1.